The Bertz CT molecular complexity index is 1180. The number of nitrogens with zero attached hydrogens (tertiary/aromatic N) is 2. The van der Waals surface area contributed by atoms with Crippen LogP contribution in [-0.4, -0.2) is 42.0 Å². The van der Waals surface area contributed by atoms with Crippen molar-refractivity contribution in [1.29, 1.82) is 0 Å². The number of amides is 1. The van der Waals surface area contributed by atoms with Gasteiger partial charge in [-0.25, -0.2) is 13.4 Å². The zero-order valence-corrected chi connectivity index (χ0v) is 19.8. The molecule has 3 rings (SSSR count). The van der Waals surface area contributed by atoms with Crippen molar-refractivity contribution < 1.29 is 13.2 Å². The monoisotopic (exact) mass is 457 g/mol. The van der Waals surface area contributed by atoms with E-state index in [0.29, 0.717) is 18.6 Å². The summed E-state index contributed by atoms with van der Waals surface area (Å²) in [6.07, 6.45) is 0. The van der Waals surface area contributed by atoms with Crippen LogP contribution >= 0.6 is 11.8 Å². The lowest BCUT2D eigenvalue weighted by Gasteiger charge is -2.19. The molecule has 0 radical (unpaired) electrons. The molecule has 1 aromatic heterocycles. The topological polar surface area (TPSA) is 79.4 Å². The standard InChI is InChI=1S/C23H27N3O3S2/c1-5-26(6-2)31(28,29)19-12-13-21-20(15-19)16(3)14-22(25-21)30-17(4)23(27)24-18-10-8-7-9-11-18/h7-15,17H,5-6H2,1-4H3,(H,24,27)/t17-/m1/s1. The summed E-state index contributed by atoms with van der Waals surface area (Å²) in [5, 5.41) is 4.07. The van der Waals surface area contributed by atoms with Crippen molar-refractivity contribution in [3.63, 3.8) is 0 Å². The lowest BCUT2D eigenvalue weighted by molar-refractivity contribution is -0.115. The average molecular weight is 458 g/mol. The molecule has 6 nitrogen and oxygen atoms in total. The Labute approximate surface area is 188 Å². The normalized spacial score (nSPS) is 12.8. The maximum atomic E-state index is 12.8. The third kappa shape index (κ3) is 5.26. The summed E-state index contributed by atoms with van der Waals surface area (Å²) in [6, 6.07) is 16.2. The van der Waals surface area contributed by atoms with Gasteiger partial charge in [-0.15, -0.1) is 0 Å². The number of sulfonamides is 1. The molecule has 8 heteroatoms. The molecule has 0 unspecified atom stereocenters. The predicted molar refractivity (Wildman–Crippen MR) is 127 cm³/mol. The van der Waals surface area contributed by atoms with E-state index in [1.807, 2.05) is 64.1 Å². The number of benzene rings is 2. The zero-order chi connectivity index (χ0) is 22.6. The van der Waals surface area contributed by atoms with Gasteiger partial charge >= 0.3 is 0 Å². The predicted octanol–water partition coefficient (Wildman–Crippen LogP) is 4.69. The Morgan fingerprint density at radius 1 is 1.10 bits per heavy atom. The molecule has 0 aliphatic rings. The second-order valence-corrected chi connectivity index (χ2v) is 10.5. The van der Waals surface area contributed by atoms with Crippen molar-refractivity contribution in [2.75, 3.05) is 18.4 Å². The Hall–Kier alpha value is -2.42. The molecule has 0 aliphatic heterocycles. The molecule has 0 saturated carbocycles. The number of aryl methyl sites for hydroxylation is 1. The highest BCUT2D eigenvalue weighted by Crippen LogP contribution is 2.29. The molecule has 0 aliphatic carbocycles. The number of carbonyl (C=O) groups is 1. The van der Waals surface area contributed by atoms with E-state index in [-0.39, 0.29) is 16.1 Å². The van der Waals surface area contributed by atoms with Gasteiger partial charge in [0.15, 0.2) is 0 Å². The van der Waals surface area contributed by atoms with Crippen LogP contribution in [0, 0.1) is 6.92 Å². The first kappa shape index (κ1) is 23.2. The number of para-hydroxylation sites is 1. The Kier molecular flexibility index (Phi) is 7.35. The summed E-state index contributed by atoms with van der Waals surface area (Å²) in [4.78, 5) is 17.4. The summed E-state index contributed by atoms with van der Waals surface area (Å²) in [5.41, 5.74) is 2.38. The van der Waals surface area contributed by atoms with E-state index < -0.39 is 10.0 Å². The number of carbonyl (C=O) groups excluding carboxylic acids is 1. The van der Waals surface area contributed by atoms with Crippen LogP contribution in [0.2, 0.25) is 0 Å². The van der Waals surface area contributed by atoms with Gasteiger partial charge in [-0.2, -0.15) is 4.31 Å². The van der Waals surface area contributed by atoms with Crippen molar-refractivity contribution in [2.24, 2.45) is 0 Å². The molecule has 2 aromatic carbocycles. The van der Waals surface area contributed by atoms with Gasteiger partial charge in [0.05, 0.1) is 20.7 Å². The summed E-state index contributed by atoms with van der Waals surface area (Å²) in [6.45, 7) is 8.26. The number of hydrogen-bond donors (Lipinski definition) is 1. The second-order valence-electron chi connectivity index (χ2n) is 7.16. The molecule has 0 fully saturated rings. The maximum Gasteiger partial charge on any atom is 0.243 e. The molecule has 0 spiro atoms. The van der Waals surface area contributed by atoms with Gasteiger partial charge in [-0.1, -0.05) is 43.8 Å². The maximum absolute atomic E-state index is 12.8. The van der Waals surface area contributed by atoms with Gasteiger partial charge in [0.1, 0.15) is 0 Å². The van der Waals surface area contributed by atoms with Gasteiger partial charge in [-0.3, -0.25) is 4.79 Å². The summed E-state index contributed by atoms with van der Waals surface area (Å²) >= 11 is 1.37. The molecule has 0 saturated heterocycles. The van der Waals surface area contributed by atoms with Crippen LogP contribution in [0.25, 0.3) is 10.9 Å². The fourth-order valence-corrected chi connectivity index (χ4v) is 5.68. The molecular formula is C23H27N3O3S2. The Morgan fingerprint density at radius 3 is 2.42 bits per heavy atom. The lowest BCUT2D eigenvalue weighted by Crippen LogP contribution is -2.30. The molecule has 1 amide bonds. The van der Waals surface area contributed by atoms with E-state index >= 15 is 0 Å². The van der Waals surface area contributed by atoms with Crippen LogP contribution in [0.3, 0.4) is 0 Å². The lowest BCUT2D eigenvalue weighted by atomic mass is 10.1. The number of hydrogen-bond acceptors (Lipinski definition) is 5. The van der Waals surface area contributed by atoms with Gasteiger partial charge < -0.3 is 5.32 Å². The fraction of sp³-hybridized carbons (Fsp3) is 0.304. The summed E-state index contributed by atoms with van der Waals surface area (Å²) in [5.74, 6) is -0.101. The van der Waals surface area contributed by atoms with Crippen LogP contribution in [0.5, 0.6) is 0 Å². The van der Waals surface area contributed by atoms with Gasteiger partial charge in [0.2, 0.25) is 15.9 Å². The van der Waals surface area contributed by atoms with Crippen LogP contribution in [0.1, 0.15) is 26.3 Å². The van der Waals surface area contributed by atoms with Crippen LogP contribution in [0.4, 0.5) is 5.69 Å². The molecule has 3 aromatic rings. The van der Waals surface area contributed by atoms with Crippen molar-refractivity contribution >= 4 is 44.3 Å². The van der Waals surface area contributed by atoms with E-state index in [1.54, 1.807) is 18.2 Å². The number of rotatable bonds is 8. The number of anilines is 1. The van der Waals surface area contributed by atoms with Crippen LogP contribution in [-0.2, 0) is 14.8 Å². The minimum Gasteiger partial charge on any atom is -0.325 e. The minimum atomic E-state index is -3.53. The first-order valence-electron chi connectivity index (χ1n) is 10.2. The van der Waals surface area contributed by atoms with Crippen molar-refractivity contribution in [3.8, 4) is 0 Å². The highest BCUT2D eigenvalue weighted by Gasteiger charge is 2.22. The second kappa shape index (κ2) is 9.80. The molecule has 1 heterocycles. The fourth-order valence-electron chi connectivity index (χ4n) is 3.28. The summed E-state index contributed by atoms with van der Waals surface area (Å²) in [7, 11) is -3.53. The molecule has 164 valence electrons. The SMILES string of the molecule is CCN(CC)S(=O)(=O)c1ccc2nc(S[C@H](C)C(=O)Nc3ccccc3)cc(C)c2c1. The van der Waals surface area contributed by atoms with Crippen molar-refractivity contribution in [1.82, 2.24) is 9.29 Å². The van der Waals surface area contributed by atoms with Crippen LogP contribution in [0.15, 0.2) is 64.5 Å². The number of thioether (sulfide) groups is 1. The third-order valence-electron chi connectivity index (χ3n) is 5.01. The molecular weight excluding hydrogens is 430 g/mol. The number of pyridine rings is 1. The molecule has 1 N–H and O–H groups in total. The van der Waals surface area contributed by atoms with Gasteiger partial charge in [0.25, 0.3) is 0 Å². The van der Waals surface area contributed by atoms with Crippen molar-refractivity contribution in [2.45, 2.75) is 42.9 Å². The van der Waals surface area contributed by atoms with Crippen molar-refractivity contribution in [3.05, 3.63) is 60.2 Å². The quantitative estimate of drug-likeness (QED) is 0.496. The van der Waals surface area contributed by atoms with E-state index in [1.165, 1.54) is 16.1 Å². The largest absolute Gasteiger partial charge is 0.325 e. The van der Waals surface area contributed by atoms with E-state index in [0.717, 1.165) is 21.7 Å². The first-order chi connectivity index (χ1) is 14.8. The molecule has 0 bridgehead atoms. The van der Waals surface area contributed by atoms with E-state index in [4.69, 9.17) is 0 Å². The minimum absolute atomic E-state index is 0.101. The smallest absolute Gasteiger partial charge is 0.243 e. The number of aromatic nitrogens is 1. The van der Waals surface area contributed by atoms with E-state index in [2.05, 4.69) is 10.3 Å². The Morgan fingerprint density at radius 2 is 1.77 bits per heavy atom. The van der Waals surface area contributed by atoms with E-state index in [9.17, 15) is 13.2 Å². The highest BCUT2D eigenvalue weighted by atomic mass is 32.2. The summed E-state index contributed by atoms with van der Waals surface area (Å²) < 4.78 is 27.1. The number of nitrogens with one attached hydrogen (secondary N) is 1. The average Bonchev–Trinajstić information content (AvgIpc) is 2.74. The zero-order valence-electron chi connectivity index (χ0n) is 18.1. The Balaban J connectivity index is 1.83. The van der Waals surface area contributed by atoms with Crippen LogP contribution < -0.4 is 5.32 Å². The highest BCUT2D eigenvalue weighted by molar-refractivity contribution is 8.00. The van der Waals surface area contributed by atoms with Gasteiger partial charge in [-0.05, 0) is 55.8 Å². The first-order valence-corrected chi connectivity index (χ1v) is 12.5. The third-order valence-corrected chi connectivity index (χ3v) is 8.08. The number of fused-ring (bicyclic) bond motifs is 1. The molecule has 1 atom stereocenters. The van der Waals surface area contributed by atoms with Gasteiger partial charge in [0, 0.05) is 24.2 Å². The molecule has 31 heavy (non-hydrogen) atoms.